The number of rotatable bonds is 4. The smallest absolute Gasteiger partial charge is 0.399 e. The van der Waals surface area contributed by atoms with E-state index in [0.717, 1.165) is 13.1 Å². The van der Waals surface area contributed by atoms with Crippen LogP contribution in [0.25, 0.3) is 17.1 Å². The van der Waals surface area contributed by atoms with Gasteiger partial charge in [-0.1, -0.05) is 0 Å². The molecule has 11 nitrogen and oxygen atoms in total. The minimum absolute atomic E-state index is 0.295. The lowest BCUT2D eigenvalue weighted by molar-refractivity contribution is -0.401. The summed E-state index contributed by atoms with van der Waals surface area (Å²) in [4.78, 5) is 21.0. The highest BCUT2D eigenvalue weighted by molar-refractivity contribution is 5.63. The van der Waals surface area contributed by atoms with E-state index < -0.39 is 4.92 Å². The van der Waals surface area contributed by atoms with Gasteiger partial charge in [0.15, 0.2) is 11.4 Å². The molecule has 3 aromatic heterocycles. The minimum atomic E-state index is -0.593. The van der Waals surface area contributed by atoms with Crippen molar-refractivity contribution in [1.82, 2.24) is 24.5 Å². The molecule has 26 heavy (non-hydrogen) atoms. The second kappa shape index (κ2) is 6.52. The number of furan rings is 1. The van der Waals surface area contributed by atoms with Crippen molar-refractivity contribution < 1.29 is 14.1 Å². The Morgan fingerprint density at radius 1 is 1.31 bits per heavy atom. The van der Waals surface area contributed by atoms with Crippen molar-refractivity contribution in [2.24, 2.45) is 4.99 Å². The molecule has 1 aliphatic heterocycles. The first-order chi connectivity index (χ1) is 12.6. The molecular formula is C15H15N7O4. The van der Waals surface area contributed by atoms with Gasteiger partial charge in [0.2, 0.25) is 0 Å². The lowest BCUT2D eigenvalue weighted by atomic mass is 10.3. The van der Waals surface area contributed by atoms with Crippen molar-refractivity contribution in [1.29, 1.82) is 0 Å². The third kappa shape index (κ3) is 2.99. The molecule has 0 aliphatic carbocycles. The Morgan fingerprint density at radius 3 is 2.85 bits per heavy atom. The molecule has 0 bridgehead atoms. The summed E-state index contributed by atoms with van der Waals surface area (Å²) in [5.74, 6) is 0.962. The van der Waals surface area contributed by atoms with Crippen LogP contribution >= 0.6 is 0 Å². The van der Waals surface area contributed by atoms with Gasteiger partial charge < -0.3 is 14.1 Å². The van der Waals surface area contributed by atoms with Crippen LogP contribution in [0, 0.1) is 17.0 Å². The van der Waals surface area contributed by atoms with Crippen LogP contribution in [0.5, 0.6) is 0 Å². The van der Waals surface area contributed by atoms with Gasteiger partial charge in [0.05, 0.1) is 25.6 Å². The number of aromatic nitrogens is 4. The molecule has 11 heteroatoms. The Balaban J connectivity index is 1.66. The first-order valence-corrected chi connectivity index (χ1v) is 7.95. The van der Waals surface area contributed by atoms with Crippen molar-refractivity contribution in [3.05, 3.63) is 34.1 Å². The van der Waals surface area contributed by atoms with Crippen molar-refractivity contribution in [2.75, 3.05) is 26.3 Å². The van der Waals surface area contributed by atoms with E-state index in [4.69, 9.17) is 9.15 Å². The Morgan fingerprint density at radius 2 is 2.12 bits per heavy atom. The summed E-state index contributed by atoms with van der Waals surface area (Å²) >= 11 is 0. The van der Waals surface area contributed by atoms with E-state index in [2.05, 4.69) is 20.2 Å². The summed E-state index contributed by atoms with van der Waals surface area (Å²) in [5, 5.41) is 19.0. The average molecular weight is 357 g/mol. The Kier molecular flexibility index (Phi) is 4.05. The summed E-state index contributed by atoms with van der Waals surface area (Å²) in [6.45, 7) is 4.68. The van der Waals surface area contributed by atoms with Crippen molar-refractivity contribution >= 4 is 23.8 Å². The fourth-order valence-corrected chi connectivity index (χ4v) is 2.67. The molecule has 1 fully saturated rings. The van der Waals surface area contributed by atoms with Gasteiger partial charge in [0.1, 0.15) is 16.4 Å². The zero-order chi connectivity index (χ0) is 18.1. The second-order valence-corrected chi connectivity index (χ2v) is 5.67. The number of nitrogens with zero attached hydrogens (tertiary/aromatic N) is 7. The molecule has 0 aromatic carbocycles. The van der Waals surface area contributed by atoms with Gasteiger partial charge in [-0.05, 0) is 13.0 Å². The zero-order valence-electron chi connectivity index (χ0n) is 13.9. The van der Waals surface area contributed by atoms with E-state index in [0.29, 0.717) is 42.1 Å². The number of nitro groups is 1. The van der Waals surface area contributed by atoms with Crippen LogP contribution in [-0.4, -0.2) is 62.0 Å². The molecule has 0 unspecified atom stereocenters. The quantitative estimate of drug-likeness (QED) is 0.298. The predicted octanol–water partition coefficient (Wildman–Crippen LogP) is 1.59. The van der Waals surface area contributed by atoms with Crippen LogP contribution in [-0.2, 0) is 4.74 Å². The van der Waals surface area contributed by atoms with Crippen LogP contribution in [0.2, 0.25) is 0 Å². The molecule has 0 radical (unpaired) electrons. The molecule has 0 amide bonds. The van der Waals surface area contributed by atoms with E-state index >= 15 is 0 Å². The number of ether oxygens (including phenoxy) is 1. The summed E-state index contributed by atoms with van der Waals surface area (Å²) in [5.41, 5.74) is 0.972. The molecule has 1 saturated heterocycles. The Bertz CT molecular complexity index is 987. The first-order valence-electron chi connectivity index (χ1n) is 7.95. The minimum Gasteiger partial charge on any atom is -0.399 e. The maximum atomic E-state index is 10.8. The number of aryl methyl sites for hydroxylation is 1. The van der Waals surface area contributed by atoms with Gasteiger partial charge in [-0.25, -0.2) is 14.4 Å². The van der Waals surface area contributed by atoms with Crippen LogP contribution in [0.3, 0.4) is 0 Å². The third-order valence-corrected chi connectivity index (χ3v) is 3.95. The van der Waals surface area contributed by atoms with Crippen LogP contribution in [0.4, 0.5) is 11.8 Å². The lowest BCUT2D eigenvalue weighted by Gasteiger charge is -2.23. The molecule has 0 N–H and O–H groups in total. The molecule has 134 valence electrons. The number of hydrogen-bond donors (Lipinski definition) is 0. The van der Waals surface area contributed by atoms with E-state index in [-0.39, 0.29) is 5.88 Å². The molecule has 3 aromatic rings. The van der Waals surface area contributed by atoms with Gasteiger partial charge in [-0.2, -0.15) is 0 Å². The fourth-order valence-electron chi connectivity index (χ4n) is 2.67. The monoisotopic (exact) mass is 357 g/mol. The maximum Gasteiger partial charge on any atom is 0.433 e. The number of morpholine rings is 1. The van der Waals surface area contributed by atoms with Crippen molar-refractivity contribution in [2.45, 2.75) is 6.92 Å². The first kappa shape index (κ1) is 16.1. The van der Waals surface area contributed by atoms with Crippen LogP contribution < -0.4 is 0 Å². The number of aliphatic imine (C=N–C) groups is 1. The van der Waals surface area contributed by atoms with E-state index in [9.17, 15) is 10.1 Å². The highest BCUT2D eigenvalue weighted by Crippen LogP contribution is 2.26. The topological polar surface area (TPSA) is 124 Å². The van der Waals surface area contributed by atoms with Gasteiger partial charge in [-0.15, -0.1) is 10.2 Å². The standard InChI is InChI=1S/C15H15N7O4/c1-10-17-11(12-2-3-14(26-12)22(23)24)8-13-18-19-15(21(10)13)16-9-20-4-6-25-7-5-20/h2-3,8-9H,4-7H2,1H3. The summed E-state index contributed by atoms with van der Waals surface area (Å²) in [6.07, 6.45) is 1.72. The van der Waals surface area contributed by atoms with E-state index in [1.54, 1.807) is 23.7 Å². The van der Waals surface area contributed by atoms with E-state index in [1.165, 1.54) is 12.1 Å². The highest BCUT2D eigenvalue weighted by atomic mass is 16.6. The largest absolute Gasteiger partial charge is 0.433 e. The fraction of sp³-hybridized carbons (Fsp3) is 0.333. The van der Waals surface area contributed by atoms with Gasteiger partial charge >= 0.3 is 5.88 Å². The Labute approximate surface area is 147 Å². The molecule has 0 atom stereocenters. The second-order valence-electron chi connectivity index (χ2n) is 5.67. The molecule has 0 saturated carbocycles. The summed E-state index contributed by atoms with van der Waals surface area (Å²) < 4.78 is 12.2. The summed E-state index contributed by atoms with van der Waals surface area (Å²) in [7, 11) is 0. The average Bonchev–Trinajstić information content (AvgIpc) is 3.28. The van der Waals surface area contributed by atoms with Gasteiger partial charge in [0, 0.05) is 19.2 Å². The number of hydrogen-bond acceptors (Lipinski definition) is 8. The molecule has 4 rings (SSSR count). The molecular weight excluding hydrogens is 342 g/mol. The molecule has 1 aliphatic rings. The van der Waals surface area contributed by atoms with Crippen molar-refractivity contribution in [3.8, 4) is 11.5 Å². The van der Waals surface area contributed by atoms with Gasteiger partial charge in [-0.3, -0.25) is 10.1 Å². The predicted molar refractivity (Wildman–Crippen MR) is 90.4 cm³/mol. The zero-order valence-corrected chi connectivity index (χ0v) is 13.9. The maximum absolute atomic E-state index is 10.8. The van der Waals surface area contributed by atoms with Crippen LogP contribution in [0.15, 0.2) is 27.6 Å². The SMILES string of the molecule is Cc1nc(-c2ccc([N+](=O)[O-])o2)cc2nnc(N=CN3CCOCC3)n12. The van der Waals surface area contributed by atoms with Crippen LogP contribution in [0.1, 0.15) is 5.82 Å². The normalized spacial score (nSPS) is 15.2. The third-order valence-electron chi connectivity index (χ3n) is 3.95. The van der Waals surface area contributed by atoms with Crippen molar-refractivity contribution in [3.63, 3.8) is 0 Å². The Hall–Kier alpha value is -3.34. The molecule has 0 spiro atoms. The van der Waals surface area contributed by atoms with E-state index in [1.807, 2.05) is 4.90 Å². The lowest BCUT2D eigenvalue weighted by Crippen LogP contribution is -2.35. The molecule has 4 heterocycles. The number of fused-ring (bicyclic) bond motifs is 1. The highest BCUT2D eigenvalue weighted by Gasteiger charge is 2.17. The summed E-state index contributed by atoms with van der Waals surface area (Å²) in [6, 6.07) is 4.44. The van der Waals surface area contributed by atoms with Gasteiger partial charge in [0.25, 0.3) is 5.95 Å².